The molecule has 1 aliphatic carbocycles. The zero-order valence-electron chi connectivity index (χ0n) is 10.6. The van der Waals surface area contributed by atoms with Crippen molar-refractivity contribution in [1.82, 2.24) is 4.72 Å². The van der Waals surface area contributed by atoms with E-state index >= 15 is 0 Å². The van der Waals surface area contributed by atoms with Gasteiger partial charge in [-0.3, -0.25) is 4.79 Å². The van der Waals surface area contributed by atoms with E-state index in [0.29, 0.717) is 17.6 Å². The zero-order valence-corrected chi connectivity index (χ0v) is 11.4. The molecule has 6 heteroatoms. The van der Waals surface area contributed by atoms with Gasteiger partial charge in [-0.15, -0.1) is 0 Å². The zero-order chi connectivity index (χ0) is 14.2. The third-order valence-electron chi connectivity index (χ3n) is 3.07. The highest BCUT2D eigenvalue weighted by molar-refractivity contribution is 7.89. The van der Waals surface area contributed by atoms with Crippen LogP contribution in [0.2, 0.25) is 0 Å². The SMILES string of the molecule is O=Cc1ccc(-c2cccc(S(=O)(=O)NC3CC3)c2)o1. The molecule has 20 heavy (non-hydrogen) atoms. The predicted molar refractivity (Wildman–Crippen MR) is 72.9 cm³/mol. The summed E-state index contributed by atoms with van der Waals surface area (Å²) in [4.78, 5) is 10.8. The molecule has 1 N–H and O–H groups in total. The molecule has 0 saturated heterocycles. The van der Waals surface area contributed by atoms with Crippen LogP contribution in [0, 0.1) is 0 Å². The molecule has 1 aliphatic rings. The Bertz CT molecular complexity index is 744. The number of carbonyl (C=O) groups excluding carboxylic acids is 1. The van der Waals surface area contributed by atoms with Crippen molar-refractivity contribution in [3.8, 4) is 11.3 Å². The van der Waals surface area contributed by atoms with E-state index in [2.05, 4.69) is 4.72 Å². The van der Waals surface area contributed by atoms with Crippen molar-refractivity contribution in [2.24, 2.45) is 0 Å². The average molecular weight is 291 g/mol. The van der Waals surface area contributed by atoms with Gasteiger partial charge in [-0.2, -0.15) is 0 Å². The number of nitrogens with one attached hydrogen (secondary N) is 1. The first-order valence-corrected chi connectivity index (χ1v) is 7.74. The molecule has 5 nitrogen and oxygen atoms in total. The number of hydrogen-bond acceptors (Lipinski definition) is 4. The Hall–Kier alpha value is -1.92. The summed E-state index contributed by atoms with van der Waals surface area (Å²) < 4.78 is 32.2. The Morgan fingerprint density at radius 3 is 2.65 bits per heavy atom. The van der Waals surface area contributed by atoms with Gasteiger partial charge in [0.15, 0.2) is 12.0 Å². The second-order valence-corrected chi connectivity index (χ2v) is 6.46. The summed E-state index contributed by atoms with van der Waals surface area (Å²) in [6, 6.07) is 9.73. The van der Waals surface area contributed by atoms with Crippen LogP contribution in [0.25, 0.3) is 11.3 Å². The van der Waals surface area contributed by atoms with E-state index in [1.807, 2.05) is 0 Å². The number of aldehydes is 1. The maximum Gasteiger partial charge on any atom is 0.240 e. The molecule has 104 valence electrons. The molecule has 1 fully saturated rings. The van der Waals surface area contributed by atoms with E-state index in [1.165, 1.54) is 12.1 Å². The van der Waals surface area contributed by atoms with Crippen molar-refractivity contribution in [3.05, 3.63) is 42.2 Å². The normalized spacial score (nSPS) is 15.2. The topological polar surface area (TPSA) is 76.4 Å². The molecule has 2 aromatic rings. The van der Waals surface area contributed by atoms with E-state index in [4.69, 9.17) is 4.42 Å². The van der Waals surface area contributed by atoms with Crippen LogP contribution in [0.4, 0.5) is 0 Å². The second kappa shape index (κ2) is 4.88. The van der Waals surface area contributed by atoms with Crippen LogP contribution < -0.4 is 4.72 Å². The molecule has 0 spiro atoms. The standard InChI is InChI=1S/C14H13NO4S/c16-9-12-6-7-14(19-12)10-2-1-3-13(8-10)20(17,18)15-11-4-5-11/h1-3,6-9,11,15H,4-5H2. The van der Waals surface area contributed by atoms with Gasteiger partial charge in [0.1, 0.15) is 5.76 Å². The number of furan rings is 1. The number of rotatable bonds is 5. The molecule has 0 radical (unpaired) electrons. The maximum atomic E-state index is 12.1. The summed E-state index contributed by atoms with van der Waals surface area (Å²) in [6.07, 6.45) is 2.39. The van der Waals surface area contributed by atoms with E-state index in [-0.39, 0.29) is 16.7 Å². The largest absolute Gasteiger partial charge is 0.453 e. The number of benzene rings is 1. The lowest BCUT2D eigenvalue weighted by atomic mass is 10.2. The van der Waals surface area contributed by atoms with E-state index in [0.717, 1.165) is 12.8 Å². The van der Waals surface area contributed by atoms with Gasteiger partial charge in [0, 0.05) is 11.6 Å². The highest BCUT2D eigenvalue weighted by Gasteiger charge is 2.28. The smallest absolute Gasteiger partial charge is 0.240 e. The van der Waals surface area contributed by atoms with Gasteiger partial charge in [-0.1, -0.05) is 12.1 Å². The highest BCUT2D eigenvalue weighted by atomic mass is 32.2. The molecule has 1 aromatic carbocycles. The quantitative estimate of drug-likeness (QED) is 0.857. The van der Waals surface area contributed by atoms with Crippen LogP contribution in [0.5, 0.6) is 0 Å². The van der Waals surface area contributed by atoms with Crippen LogP contribution in [-0.2, 0) is 10.0 Å². The van der Waals surface area contributed by atoms with Crippen LogP contribution in [0.1, 0.15) is 23.4 Å². The van der Waals surface area contributed by atoms with Crippen molar-refractivity contribution in [3.63, 3.8) is 0 Å². The first kappa shape index (κ1) is 13.1. The van der Waals surface area contributed by atoms with E-state index in [1.54, 1.807) is 24.3 Å². The van der Waals surface area contributed by atoms with Gasteiger partial charge < -0.3 is 4.42 Å². The monoisotopic (exact) mass is 291 g/mol. The minimum absolute atomic E-state index is 0.0638. The van der Waals surface area contributed by atoms with Crippen LogP contribution in [0.15, 0.2) is 45.7 Å². The lowest BCUT2D eigenvalue weighted by molar-refractivity contribution is 0.110. The summed E-state index contributed by atoms with van der Waals surface area (Å²) >= 11 is 0. The van der Waals surface area contributed by atoms with Crippen molar-refractivity contribution in [2.45, 2.75) is 23.8 Å². The van der Waals surface area contributed by atoms with Gasteiger partial charge in [-0.25, -0.2) is 13.1 Å². The van der Waals surface area contributed by atoms with Crippen molar-refractivity contribution >= 4 is 16.3 Å². The number of sulfonamides is 1. The fourth-order valence-electron chi connectivity index (χ4n) is 1.88. The Morgan fingerprint density at radius 1 is 1.20 bits per heavy atom. The first-order chi connectivity index (χ1) is 9.58. The minimum atomic E-state index is -3.49. The predicted octanol–water partition coefficient (Wildman–Crippen LogP) is 2.20. The summed E-state index contributed by atoms with van der Waals surface area (Å²) in [5, 5.41) is 0. The van der Waals surface area contributed by atoms with Gasteiger partial charge >= 0.3 is 0 Å². The summed E-state index contributed by atoms with van der Waals surface area (Å²) in [5.74, 6) is 0.680. The Kier molecular flexibility index (Phi) is 3.19. The third-order valence-corrected chi connectivity index (χ3v) is 4.59. The molecule has 0 bridgehead atoms. The average Bonchev–Trinajstić information content (AvgIpc) is 3.11. The molecule has 1 heterocycles. The van der Waals surface area contributed by atoms with Gasteiger partial charge in [0.25, 0.3) is 0 Å². The highest BCUT2D eigenvalue weighted by Crippen LogP contribution is 2.26. The van der Waals surface area contributed by atoms with Crippen molar-refractivity contribution in [1.29, 1.82) is 0 Å². The third kappa shape index (κ3) is 2.66. The fraction of sp³-hybridized carbons (Fsp3) is 0.214. The maximum absolute atomic E-state index is 12.1. The molecule has 0 unspecified atom stereocenters. The minimum Gasteiger partial charge on any atom is -0.453 e. The van der Waals surface area contributed by atoms with Crippen LogP contribution in [-0.4, -0.2) is 20.7 Å². The summed E-state index contributed by atoms with van der Waals surface area (Å²) in [7, 11) is -3.49. The van der Waals surface area contributed by atoms with E-state index < -0.39 is 10.0 Å². The van der Waals surface area contributed by atoms with Crippen molar-refractivity contribution in [2.75, 3.05) is 0 Å². The molecule has 0 atom stereocenters. The molecule has 0 amide bonds. The lowest BCUT2D eigenvalue weighted by Crippen LogP contribution is -2.25. The van der Waals surface area contributed by atoms with Crippen LogP contribution >= 0.6 is 0 Å². The molecular formula is C14H13NO4S. The van der Waals surface area contributed by atoms with Gasteiger partial charge in [0.2, 0.25) is 10.0 Å². The number of carbonyl (C=O) groups is 1. The summed E-state index contributed by atoms with van der Waals surface area (Å²) in [5.41, 5.74) is 0.622. The molecule has 1 aromatic heterocycles. The number of hydrogen-bond donors (Lipinski definition) is 1. The van der Waals surface area contributed by atoms with Gasteiger partial charge in [0.05, 0.1) is 4.90 Å². The fourth-order valence-corrected chi connectivity index (χ4v) is 3.23. The van der Waals surface area contributed by atoms with E-state index in [9.17, 15) is 13.2 Å². The molecule has 1 saturated carbocycles. The second-order valence-electron chi connectivity index (χ2n) is 4.74. The molecule has 0 aliphatic heterocycles. The first-order valence-electron chi connectivity index (χ1n) is 6.26. The Labute approximate surface area is 116 Å². The molecule has 3 rings (SSSR count). The van der Waals surface area contributed by atoms with Crippen LogP contribution in [0.3, 0.4) is 0 Å². The lowest BCUT2D eigenvalue weighted by Gasteiger charge is -2.06. The molecular weight excluding hydrogens is 278 g/mol. The van der Waals surface area contributed by atoms with Crippen molar-refractivity contribution < 1.29 is 17.6 Å². The Morgan fingerprint density at radius 2 is 2.00 bits per heavy atom. The van der Waals surface area contributed by atoms with Gasteiger partial charge in [-0.05, 0) is 37.1 Å². The Balaban J connectivity index is 1.94. The summed E-state index contributed by atoms with van der Waals surface area (Å²) in [6.45, 7) is 0.